The first-order chi connectivity index (χ1) is 15.4. The van der Waals surface area contributed by atoms with E-state index >= 15 is 0 Å². The summed E-state index contributed by atoms with van der Waals surface area (Å²) in [7, 11) is 0. The van der Waals surface area contributed by atoms with E-state index in [0.717, 1.165) is 47.5 Å². The lowest BCUT2D eigenvalue weighted by Crippen LogP contribution is -2.46. The molecule has 5 nitrogen and oxygen atoms in total. The van der Waals surface area contributed by atoms with Gasteiger partial charge >= 0.3 is 0 Å². The Bertz CT molecular complexity index is 1180. The number of rotatable bonds is 7. The van der Waals surface area contributed by atoms with Crippen LogP contribution in [0.15, 0.2) is 29.1 Å². The summed E-state index contributed by atoms with van der Waals surface area (Å²) in [4.78, 5) is 37.5. The van der Waals surface area contributed by atoms with Gasteiger partial charge in [0, 0.05) is 17.5 Å². The van der Waals surface area contributed by atoms with Gasteiger partial charge in [0.1, 0.15) is 10.7 Å². The molecule has 7 heteroatoms. The molecule has 1 aliphatic rings. The largest absolute Gasteiger partial charge is 0.338 e. The first-order valence-electron chi connectivity index (χ1n) is 11.4. The fraction of sp³-hybridized carbons (Fsp3) is 0.480. The summed E-state index contributed by atoms with van der Waals surface area (Å²) >= 11 is 3.11. The number of fused-ring (bicyclic) bond motifs is 2. The summed E-state index contributed by atoms with van der Waals surface area (Å²) in [5.74, 6) is 1.34. The predicted molar refractivity (Wildman–Crippen MR) is 135 cm³/mol. The maximum absolute atomic E-state index is 13.4. The van der Waals surface area contributed by atoms with E-state index in [1.54, 1.807) is 23.1 Å². The Morgan fingerprint density at radius 1 is 1.31 bits per heavy atom. The van der Waals surface area contributed by atoms with Gasteiger partial charge < -0.3 is 9.88 Å². The number of thioether (sulfide) groups is 1. The number of carbonyl (C=O) groups excluding carboxylic acids is 1. The lowest BCUT2D eigenvalue weighted by Gasteiger charge is -2.36. The molecular formula is C25H31N3O2S2. The molecule has 1 aromatic carbocycles. The summed E-state index contributed by atoms with van der Waals surface area (Å²) < 4.78 is 0. The fourth-order valence-corrected chi connectivity index (χ4v) is 6.41. The van der Waals surface area contributed by atoms with Crippen LogP contribution in [0.25, 0.3) is 10.2 Å². The molecule has 3 aromatic rings. The van der Waals surface area contributed by atoms with Crippen molar-refractivity contribution >= 4 is 39.2 Å². The average molecular weight is 470 g/mol. The highest BCUT2D eigenvalue weighted by Crippen LogP contribution is 2.28. The Labute approximate surface area is 197 Å². The number of hydrogen-bond acceptors (Lipinski definition) is 5. The summed E-state index contributed by atoms with van der Waals surface area (Å²) in [6.07, 6.45) is 3.93. The van der Waals surface area contributed by atoms with Crippen molar-refractivity contribution in [2.45, 2.75) is 70.4 Å². The molecule has 0 aliphatic heterocycles. The van der Waals surface area contributed by atoms with Crippen LogP contribution in [0.4, 0.5) is 0 Å². The van der Waals surface area contributed by atoms with E-state index in [9.17, 15) is 9.59 Å². The molecule has 1 N–H and O–H groups in total. The van der Waals surface area contributed by atoms with E-state index in [2.05, 4.69) is 46.1 Å². The second-order valence-corrected chi connectivity index (χ2v) is 11.2. The van der Waals surface area contributed by atoms with Gasteiger partial charge in [-0.15, -0.1) is 23.1 Å². The number of aromatic nitrogens is 2. The molecule has 2 atom stereocenters. The Morgan fingerprint density at radius 2 is 2.06 bits per heavy atom. The zero-order chi connectivity index (χ0) is 22.8. The van der Waals surface area contributed by atoms with Crippen LogP contribution in [0, 0.1) is 13.8 Å². The van der Waals surface area contributed by atoms with E-state index in [4.69, 9.17) is 0 Å². The minimum absolute atomic E-state index is 0.0834. The van der Waals surface area contributed by atoms with Crippen molar-refractivity contribution in [1.29, 1.82) is 0 Å². The number of nitrogens with zero attached hydrogens (tertiary/aromatic N) is 2. The number of benzene rings is 1. The molecule has 0 saturated heterocycles. The van der Waals surface area contributed by atoms with Crippen LogP contribution in [0.3, 0.4) is 0 Å². The third-order valence-corrected chi connectivity index (χ3v) is 8.66. The minimum Gasteiger partial charge on any atom is -0.338 e. The van der Waals surface area contributed by atoms with Crippen LogP contribution >= 0.6 is 23.1 Å². The summed E-state index contributed by atoms with van der Waals surface area (Å²) in [6, 6.07) is 8.85. The van der Waals surface area contributed by atoms with Crippen LogP contribution in [0.2, 0.25) is 0 Å². The standard InChI is InChI=1S/C25H31N3O2S2/c1-5-12-28(20-11-10-18-8-6-7-9-19(18)13-20)25(30)17(4)31-14-21-26-23(29)22-15(2)16(3)32-24(22)27-21/h6-9,17,20H,5,10-14H2,1-4H3,(H,26,27,29). The van der Waals surface area contributed by atoms with Crippen molar-refractivity contribution in [2.75, 3.05) is 6.54 Å². The maximum Gasteiger partial charge on any atom is 0.259 e. The molecule has 1 aliphatic carbocycles. The SMILES string of the molecule is CCCN(C(=O)C(C)SCc1nc2sc(C)c(C)c2c(=O)[nH]1)C1CCc2ccccc2C1. The summed E-state index contributed by atoms with van der Waals surface area (Å²) in [5, 5.41) is 0.503. The Balaban J connectivity index is 1.45. The van der Waals surface area contributed by atoms with Crippen molar-refractivity contribution < 1.29 is 4.79 Å². The first-order valence-corrected chi connectivity index (χ1v) is 13.2. The van der Waals surface area contributed by atoms with E-state index in [1.807, 2.05) is 20.8 Å². The molecule has 1 amide bonds. The van der Waals surface area contributed by atoms with Crippen LogP contribution < -0.4 is 5.56 Å². The molecule has 2 aromatic heterocycles. The van der Waals surface area contributed by atoms with Gasteiger partial charge in [-0.2, -0.15) is 0 Å². The second-order valence-electron chi connectivity index (χ2n) is 8.63. The first kappa shape index (κ1) is 23.1. The van der Waals surface area contributed by atoms with E-state index in [1.165, 1.54) is 11.1 Å². The smallest absolute Gasteiger partial charge is 0.259 e. The molecular weight excluding hydrogens is 438 g/mol. The van der Waals surface area contributed by atoms with Crippen LogP contribution in [-0.2, 0) is 23.4 Å². The van der Waals surface area contributed by atoms with E-state index in [0.29, 0.717) is 17.0 Å². The normalized spacial score (nSPS) is 16.7. The van der Waals surface area contributed by atoms with Crippen LogP contribution in [0.1, 0.15) is 54.1 Å². The molecule has 170 valence electrons. The molecule has 0 bridgehead atoms. The Kier molecular flexibility index (Phi) is 7.05. The topological polar surface area (TPSA) is 66.1 Å². The fourth-order valence-electron chi connectivity index (χ4n) is 4.53. The van der Waals surface area contributed by atoms with Gasteiger partial charge in [-0.1, -0.05) is 31.2 Å². The second kappa shape index (κ2) is 9.79. The maximum atomic E-state index is 13.4. The van der Waals surface area contributed by atoms with Crippen molar-refractivity contribution in [1.82, 2.24) is 14.9 Å². The third kappa shape index (κ3) is 4.64. The highest BCUT2D eigenvalue weighted by Gasteiger charge is 2.30. The van der Waals surface area contributed by atoms with Crippen molar-refractivity contribution in [3.05, 3.63) is 62.0 Å². The van der Waals surface area contributed by atoms with Gasteiger partial charge in [-0.3, -0.25) is 9.59 Å². The zero-order valence-electron chi connectivity index (χ0n) is 19.2. The number of H-pyrrole nitrogens is 1. The van der Waals surface area contributed by atoms with Gasteiger partial charge in [0.2, 0.25) is 5.91 Å². The van der Waals surface area contributed by atoms with E-state index < -0.39 is 0 Å². The molecule has 32 heavy (non-hydrogen) atoms. The Morgan fingerprint density at radius 3 is 2.81 bits per heavy atom. The van der Waals surface area contributed by atoms with Gasteiger partial charge in [-0.25, -0.2) is 4.98 Å². The lowest BCUT2D eigenvalue weighted by molar-refractivity contribution is -0.132. The van der Waals surface area contributed by atoms with Gasteiger partial charge in [0.15, 0.2) is 0 Å². The van der Waals surface area contributed by atoms with Gasteiger partial charge in [0.05, 0.1) is 16.4 Å². The number of hydrogen-bond donors (Lipinski definition) is 1. The quantitative estimate of drug-likeness (QED) is 0.528. The molecule has 4 rings (SSSR count). The summed E-state index contributed by atoms with van der Waals surface area (Å²) in [6.45, 7) is 8.87. The van der Waals surface area contributed by atoms with Crippen LogP contribution in [0.5, 0.6) is 0 Å². The molecule has 2 heterocycles. The highest BCUT2D eigenvalue weighted by molar-refractivity contribution is 7.99. The molecule has 0 radical (unpaired) electrons. The third-order valence-electron chi connectivity index (χ3n) is 6.42. The van der Waals surface area contributed by atoms with Crippen molar-refractivity contribution in [3.8, 4) is 0 Å². The monoisotopic (exact) mass is 469 g/mol. The number of thiophene rings is 1. The Hall–Kier alpha value is -2.12. The molecule has 0 spiro atoms. The van der Waals surface area contributed by atoms with Crippen LogP contribution in [-0.4, -0.2) is 38.6 Å². The number of aryl methyl sites for hydroxylation is 3. The van der Waals surface area contributed by atoms with Crippen molar-refractivity contribution in [2.24, 2.45) is 0 Å². The van der Waals surface area contributed by atoms with E-state index in [-0.39, 0.29) is 22.8 Å². The highest BCUT2D eigenvalue weighted by atomic mass is 32.2. The average Bonchev–Trinajstić information content (AvgIpc) is 3.08. The number of nitrogens with one attached hydrogen (secondary N) is 1. The zero-order valence-corrected chi connectivity index (χ0v) is 20.9. The van der Waals surface area contributed by atoms with Crippen molar-refractivity contribution in [3.63, 3.8) is 0 Å². The lowest BCUT2D eigenvalue weighted by atomic mass is 9.87. The van der Waals surface area contributed by atoms with Gasteiger partial charge in [0.25, 0.3) is 5.56 Å². The minimum atomic E-state index is -0.188. The number of carbonyl (C=O) groups is 1. The number of amides is 1. The molecule has 0 saturated carbocycles. The predicted octanol–water partition coefficient (Wildman–Crippen LogP) is 5.02. The molecule has 0 fully saturated rings. The molecule has 2 unspecified atom stereocenters. The number of aromatic amines is 1. The van der Waals surface area contributed by atoms with Gasteiger partial charge in [-0.05, 0) is 63.1 Å². The summed E-state index contributed by atoms with van der Waals surface area (Å²) in [5.41, 5.74) is 3.71.